The van der Waals surface area contributed by atoms with Gasteiger partial charge in [0, 0.05) is 31.2 Å². The van der Waals surface area contributed by atoms with Gasteiger partial charge in [-0.1, -0.05) is 53.7 Å². The number of nitrogens with zero attached hydrogens (tertiary/aromatic N) is 4. The highest BCUT2D eigenvalue weighted by atomic mass is 16.5. The molecule has 0 saturated carbocycles. The molecule has 0 unspecified atom stereocenters. The highest BCUT2D eigenvalue weighted by molar-refractivity contribution is 5.94. The first-order valence-corrected chi connectivity index (χ1v) is 10.9. The van der Waals surface area contributed by atoms with E-state index in [1.807, 2.05) is 53.2 Å². The lowest BCUT2D eigenvalue weighted by atomic mass is 10.0. The molecule has 7 heteroatoms. The van der Waals surface area contributed by atoms with Crippen LogP contribution in [0.2, 0.25) is 0 Å². The van der Waals surface area contributed by atoms with Gasteiger partial charge in [-0.3, -0.25) is 9.69 Å². The molecule has 1 atom stereocenters. The number of ether oxygens (including phenoxy) is 1. The van der Waals surface area contributed by atoms with Gasteiger partial charge >= 0.3 is 0 Å². The molecule has 1 aromatic heterocycles. The van der Waals surface area contributed by atoms with Crippen molar-refractivity contribution in [3.05, 3.63) is 83.2 Å². The molecule has 0 spiro atoms. The maximum Gasteiger partial charge on any atom is 0.251 e. The van der Waals surface area contributed by atoms with E-state index in [0.29, 0.717) is 13.2 Å². The Kier molecular flexibility index (Phi) is 5.78. The highest BCUT2D eigenvalue weighted by Crippen LogP contribution is 2.27. The lowest BCUT2D eigenvalue weighted by Crippen LogP contribution is -2.44. The SMILES string of the molecule is O=C(NC1CCN(Cc2nnn3c2CO[C@H](c2ccccc2)C3)CC1)c1ccccc1. The summed E-state index contributed by atoms with van der Waals surface area (Å²) in [5.41, 5.74) is 3.96. The lowest BCUT2D eigenvalue weighted by molar-refractivity contribution is -0.00216. The second kappa shape index (κ2) is 8.99. The van der Waals surface area contributed by atoms with E-state index in [-0.39, 0.29) is 18.1 Å². The summed E-state index contributed by atoms with van der Waals surface area (Å²) >= 11 is 0. The fourth-order valence-corrected chi connectivity index (χ4v) is 4.36. The Hall–Kier alpha value is -3.03. The fraction of sp³-hybridized carbons (Fsp3) is 0.375. The molecule has 2 aliphatic rings. The summed E-state index contributed by atoms with van der Waals surface area (Å²) in [5.74, 6) is 0.0107. The van der Waals surface area contributed by atoms with E-state index in [1.54, 1.807) is 0 Å². The summed E-state index contributed by atoms with van der Waals surface area (Å²) in [6, 6.07) is 19.9. The number of aromatic nitrogens is 3. The molecule has 3 heterocycles. The van der Waals surface area contributed by atoms with Crippen LogP contribution < -0.4 is 5.32 Å². The smallest absolute Gasteiger partial charge is 0.251 e. The molecule has 0 radical (unpaired) electrons. The molecule has 160 valence electrons. The Morgan fingerprint density at radius 3 is 2.48 bits per heavy atom. The van der Waals surface area contributed by atoms with E-state index in [1.165, 1.54) is 5.56 Å². The van der Waals surface area contributed by atoms with Gasteiger partial charge in [-0.25, -0.2) is 4.68 Å². The first kappa shape index (κ1) is 19.9. The molecular formula is C24H27N5O2. The predicted octanol–water partition coefficient (Wildman–Crippen LogP) is 2.94. The minimum atomic E-state index is 0.0107. The van der Waals surface area contributed by atoms with Crippen molar-refractivity contribution in [1.82, 2.24) is 25.2 Å². The first-order chi connectivity index (χ1) is 15.3. The fourth-order valence-electron chi connectivity index (χ4n) is 4.36. The average Bonchev–Trinajstić information content (AvgIpc) is 3.23. The number of nitrogens with one attached hydrogen (secondary N) is 1. The number of amides is 1. The largest absolute Gasteiger partial charge is 0.365 e. The van der Waals surface area contributed by atoms with Gasteiger partial charge in [-0.05, 0) is 30.5 Å². The van der Waals surface area contributed by atoms with Gasteiger partial charge in [-0.2, -0.15) is 0 Å². The minimum absolute atomic E-state index is 0.0107. The summed E-state index contributed by atoms with van der Waals surface area (Å²) < 4.78 is 8.10. The second-order valence-electron chi connectivity index (χ2n) is 8.27. The number of fused-ring (bicyclic) bond motifs is 1. The Bertz CT molecular complexity index is 1010. The summed E-state index contributed by atoms with van der Waals surface area (Å²) in [5, 5.41) is 12.0. The summed E-state index contributed by atoms with van der Waals surface area (Å²) in [7, 11) is 0. The zero-order valence-corrected chi connectivity index (χ0v) is 17.5. The molecule has 3 aromatic rings. The van der Waals surface area contributed by atoms with Crippen LogP contribution in [0.3, 0.4) is 0 Å². The van der Waals surface area contributed by atoms with Crippen molar-refractivity contribution >= 4 is 5.91 Å². The number of piperidine rings is 1. The van der Waals surface area contributed by atoms with E-state index in [4.69, 9.17) is 4.74 Å². The van der Waals surface area contributed by atoms with Crippen LogP contribution in [0.1, 0.15) is 46.3 Å². The zero-order chi connectivity index (χ0) is 21.0. The van der Waals surface area contributed by atoms with Gasteiger partial charge in [0.05, 0.1) is 18.8 Å². The van der Waals surface area contributed by atoms with Crippen LogP contribution in [-0.2, 0) is 24.4 Å². The lowest BCUT2D eigenvalue weighted by Gasteiger charge is -2.32. The molecule has 31 heavy (non-hydrogen) atoms. The van der Waals surface area contributed by atoms with Crippen LogP contribution in [0.4, 0.5) is 0 Å². The summed E-state index contributed by atoms with van der Waals surface area (Å²) in [4.78, 5) is 14.8. The van der Waals surface area contributed by atoms with Crippen molar-refractivity contribution in [2.75, 3.05) is 13.1 Å². The molecule has 1 saturated heterocycles. The Balaban J connectivity index is 1.14. The van der Waals surface area contributed by atoms with Crippen molar-refractivity contribution in [1.29, 1.82) is 0 Å². The van der Waals surface area contributed by atoms with Crippen molar-refractivity contribution in [3.63, 3.8) is 0 Å². The van der Waals surface area contributed by atoms with Crippen LogP contribution in [-0.4, -0.2) is 44.9 Å². The number of carbonyl (C=O) groups excluding carboxylic acids is 1. The highest BCUT2D eigenvalue weighted by Gasteiger charge is 2.27. The normalized spacial score (nSPS) is 19.7. The van der Waals surface area contributed by atoms with E-state index in [2.05, 4.69) is 32.7 Å². The molecule has 0 bridgehead atoms. The second-order valence-corrected chi connectivity index (χ2v) is 8.27. The molecule has 7 nitrogen and oxygen atoms in total. The quantitative estimate of drug-likeness (QED) is 0.691. The van der Waals surface area contributed by atoms with Crippen LogP contribution in [0.25, 0.3) is 0 Å². The third-order valence-corrected chi connectivity index (χ3v) is 6.18. The van der Waals surface area contributed by atoms with Crippen LogP contribution >= 0.6 is 0 Å². The number of likely N-dealkylation sites (tertiary alicyclic amines) is 1. The minimum Gasteiger partial charge on any atom is -0.365 e. The van der Waals surface area contributed by atoms with Crippen LogP contribution in [0, 0.1) is 0 Å². The van der Waals surface area contributed by atoms with Gasteiger partial charge in [-0.15, -0.1) is 5.10 Å². The average molecular weight is 418 g/mol. The third kappa shape index (κ3) is 4.52. The molecule has 1 amide bonds. The van der Waals surface area contributed by atoms with Gasteiger partial charge in [0.2, 0.25) is 0 Å². The summed E-state index contributed by atoms with van der Waals surface area (Å²) in [6.07, 6.45) is 1.90. The van der Waals surface area contributed by atoms with Crippen molar-refractivity contribution < 1.29 is 9.53 Å². The number of rotatable bonds is 5. The Morgan fingerprint density at radius 1 is 1.03 bits per heavy atom. The van der Waals surface area contributed by atoms with Crippen molar-refractivity contribution in [3.8, 4) is 0 Å². The molecule has 2 aromatic carbocycles. The number of hydrogen-bond acceptors (Lipinski definition) is 5. The zero-order valence-electron chi connectivity index (χ0n) is 17.5. The molecule has 2 aliphatic heterocycles. The maximum atomic E-state index is 12.4. The van der Waals surface area contributed by atoms with E-state index in [9.17, 15) is 4.79 Å². The van der Waals surface area contributed by atoms with E-state index in [0.717, 1.165) is 49.4 Å². The third-order valence-electron chi connectivity index (χ3n) is 6.18. The maximum absolute atomic E-state index is 12.4. The van der Waals surface area contributed by atoms with Gasteiger partial charge < -0.3 is 10.1 Å². The molecular weight excluding hydrogens is 390 g/mol. The number of benzene rings is 2. The van der Waals surface area contributed by atoms with E-state index < -0.39 is 0 Å². The predicted molar refractivity (Wildman–Crippen MR) is 116 cm³/mol. The van der Waals surface area contributed by atoms with Crippen LogP contribution in [0.5, 0.6) is 0 Å². The van der Waals surface area contributed by atoms with Crippen molar-refractivity contribution in [2.45, 2.75) is 44.7 Å². The van der Waals surface area contributed by atoms with Gasteiger partial charge in [0.25, 0.3) is 5.91 Å². The Morgan fingerprint density at radius 2 is 1.74 bits per heavy atom. The summed E-state index contributed by atoms with van der Waals surface area (Å²) in [6.45, 7) is 3.86. The van der Waals surface area contributed by atoms with E-state index >= 15 is 0 Å². The molecule has 5 rings (SSSR count). The van der Waals surface area contributed by atoms with Crippen LogP contribution in [0.15, 0.2) is 60.7 Å². The van der Waals surface area contributed by atoms with Gasteiger partial charge in [0.1, 0.15) is 11.8 Å². The standard InChI is InChI=1S/C24H27N5O2/c30-24(19-9-5-2-6-10-19)25-20-11-13-28(14-12-20)15-21-22-17-31-23(16-29(22)27-26-21)18-7-3-1-4-8-18/h1-10,20,23H,11-17H2,(H,25,30)/t23-/m0/s1. The molecule has 1 fully saturated rings. The number of hydrogen-bond donors (Lipinski definition) is 1. The van der Waals surface area contributed by atoms with Gasteiger partial charge in [0.15, 0.2) is 0 Å². The Labute approximate surface area is 182 Å². The monoisotopic (exact) mass is 417 g/mol. The number of carbonyl (C=O) groups is 1. The van der Waals surface area contributed by atoms with Crippen molar-refractivity contribution in [2.24, 2.45) is 0 Å². The molecule has 0 aliphatic carbocycles. The molecule has 1 N–H and O–H groups in total. The first-order valence-electron chi connectivity index (χ1n) is 10.9. The topological polar surface area (TPSA) is 72.3 Å².